The largest absolute Gasteiger partial charge is 0.314 e. The standard InChI is InChI=1S/C8H19N3O/c1-7(9-2)8(10-3,11-4)5-6-12/h6-7,9-11H,5H2,1-4H3. The number of likely N-dealkylation sites (N-methyl/N-ethyl adjacent to an activating group) is 3. The first kappa shape index (κ1) is 11.6. The van der Waals surface area contributed by atoms with Crippen molar-refractivity contribution in [3.63, 3.8) is 0 Å². The number of rotatable bonds is 6. The molecule has 0 rings (SSSR count). The number of nitrogens with one attached hydrogen (secondary N) is 3. The number of hydrogen-bond donors (Lipinski definition) is 3. The highest BCUT2D eigenvalue weighted by Gasteiger charge is 2.31. The molecule has 0 spiro atoms. The molecule has 1 unspecified atom stereocenters. The Kier molecular flexibility index (Phi) is 5.04. The van der Waals surface area contributed by atoms with Crippen molar-refractivity contribution in [2.24, 2.45) is 0 Å². The zero-order valence-corrected chi connectivity index (χ0v) is 8.27. The van der Waals surface area contributed by atoms with E-state index in [0.29, 0.717) is 6.42 Å². The molecule has 0 amide bonds. The first-order valence-electron chi connectivity index (χ1n) is 4.15. The predicted octanol–water partition coefficient (Wildman–Crippen LogP) is -0.682. The summed E-state index contributed by atoms with van der Waals surface area (Å²) in [6.07, 6.45) is 1.36. The van der Waals surface area contributed by atoms with E-state index in [1.807, 2.05) is 28.1 Å². The molecule has 0 aliphatic rings. The van der Waals surface area contributed by atoms with Crippen LogP contribution in [0.3, 0.4) is 0 Å². The molecule has 0 aromatic rings. The maximum atomic E-state index is 10.5. The summed E-state index contributed by atoms with van der Waals surface area (Å²) in [4.78, 5) is 10.5. The zero-order chi connectivity index (χ0) is 9.61. The minimum atomic E-state index is -0.337. The average molecular weight is 173 g/mol. The van der Waals surface area contributed by atoms with Crippen molar-refractivity contribution in [1.82, 2.24) is 16.0 Å². The number of aldehydes is 1. The Morgan fingerprint density at radius 2 is 1.83 bits per heavy atom. The Morgan fingerprint density at radius 1 is 1.33 bits per heavy atom. The van der Waals surface area contributed by atoms with E-state index in [1.165, 1.54) is 0 Å². The fourth-order valence-electron chi connectivity index (χ4n) is 1.32. The van der Waals surface area contributed by atoms with Crippen LogP contribution in [-0.2, 0) is 4.79 Å². The predicted molar refractivity (Wildman–Crippen MR) is 50.1 cm³/mol. The van der Waals surface area contributed by atoms with Gasteiger partial charge in [-0.15, -0.1) is 0 Å². The van der Waals surface area contributed by atoms with Crippen LogP contribution in [0, 0.1) is 0 Å². The van der Waals surface area contributed by atoms with Gasteiger partial charge in [-0.05, 0) is 28.1 Å². The average Bonchev–Trinajstić information content (AvgIpc) is 2.13. The Balaban J connectivity index is 4.43. The van der Waals surface area contributed by atoms with Crippen LogP contribution in [0.5, 0.6) is 0 Å². The summed E-state index contributed by atoms with van der Waals surface area (Å²) in [6, 6.07) is 0.192. The molecule has 0 saturated heterocycles. The van der Waals surface area contributed by atoms with Gasteiger partial charge in [-0.3, -0.25) is 0 Å². The second-order valence-corrected chi connectivity index (χ2v) is 2.85. The molecule has 72 valence electrons. The van der Waals surface area contributed by atoms with E-state index in [2.05, 4.69) is 16.0 Å². The Hall–Kier alpha value is -0.450. The van der Waals surface area contributed by atoms with E-state index in [0.717, 1.165) is 6.29 Å². The number of hydrogen-bond acceptors (Lipinski definition) is 4. The van der Waals surface area contributed by atoms with Crippen LogP contribution in [0.1, 0.15) is 13.3 Å². The lowest BCUT2D eigenvalue weighted by Gasteiger charge is -2.37. The van der Waals surface area contributed by atoms with Crippen molar-refractivity contribution in [2.75, 3.05) is 21.1 Å². The molecule has 0 aromatic heterocycles. The summed E-state index contributed by atoms with van der Waals surface area (Å²) >= 11 is 0. The van der Waals surface area contributed by atoms with Gasteiger partial charge in [-0.2, -0.15) is 0 Å². The molecule has 4 nitrogen and oxygen atoms in total. The van der Waals surface area contributed by atoms with Crippen LogP contribution in [0.4, 0.5) is 0 Å². The lowest BCUT2D eigenvalue weighted by Crippen LogP contribution is -2.64. The minimum absolute atomic E-state index is 0.192. The third kappa shape index (κ3) is 2.27. The topological polar surface area (TPSA) is 53.2 Å². The molecule has 0 aromatic carbocycles. The van der Waals surface area contributed by atoms with E-state index >= 15 is 0 Å². The van der Waals surface area contributed by atoms with Crippen molar-refractivity contribution < 1.29 is 4.79 Å². The second kappa shape index (κ2) is 5.24. The van der Waals surface area contributed by atoms with E-state index in [4.69, 9.17) is 0 Å². The quantitative estimate of drug-likeness (QED) is 0.368. The Morgan fingerprint density at radius 3 is 2.08 bits per heavy atom. The van der Waals surface area contributed by atoms with Crippen molar-refractivity contribution in [2.45, 2.75) is 25.0 Å². The molecule has 0 saturated carbocycles. The highest BCUT2D eigenvalue weighted by molar-refractivity contribution is 5.52. The third-order valence-electron chi connectivity index (χ3n) is 2.47. The van der Waals surface area contributed by atoms with E-state index in [9.17, 15) is 4.79 Å². The van der Waals surface area contributed by atoms with Crippen LogP contribution in [-0.4, -0.2) is 39.1 Å². The maximum absolute atomic E-state index is 10.5. The molecule has 0 aliphatic carbocycles. The SMILES string of the molecule is CNC(C)C(CC=O)(NC)NC. The number of carbonyl (C=O) groups is 1. The molecule has 0 radical (unpaired) electrons. The first-order valence-corrected chi connectivity index (χ1v) is 4.15. The van der Waals surface area contributed by atoms with Gasteiger partial charge in [0.2, 0.25) is 0 Å². The van der Waals surface area contributed by atoms with Gasteiger partial charge >= 0.3 is 0 Å². The Bertz CT molecular complexity index is 134. The molecular weight excluding hydrogens is 154 g/mol. The van der Waals surface area contributed by atoms with Crippen LogP contribution in [0.2, 0.25) is 0 Å². The fourth-order valence-corrected chi connectivity index (χ4v) is 1.32. The van der Waals surface area contributed by atoms with Gasteiger partial charge in [0.05, 0.1) is 5.66 Å². The smallest absolute Gasteiger partial charge is 0.123 e. The summed E-state index contributed by atoms with van der Waals surface area (Å²) in [5, 5.41) is 9.33. The summed E-state index contributed by atoms with van der Waals surface area (Å²) in [5.41, 5.74) is -0.337. The Labute approximate surface area is 74.1 Å². The lowest BCUT2D eigenvalue weighted by molar-refractivity contribution is -0.109. The van der Waals surface area contributed by atoms with Gasteiger partial charge < -0.3 is 20.7 Å². The summed E-state index contributed by atoms with van der Waals surface area (Å²) in [5.74, 6) is 0. The molecule has 1 atom stereocenters. The second-order valence-electron chi connectivity index (χ2n) is 2.85. The first-order chi connectivity index (χ1) is 5.66. The molecular formula is C8H19N3O. The van der Waals surface area contributed by atoms with E-state index in [1.54, 1.807) is 0 Å². The fraction of sp³-hybridized carbons (Fsp3) is 0.875. The highest BCUT2D eigenvalue weighted by atomic mass is 16.1. The number of carbonyl (C=O) groups excluding carboxylic acids is 1. The maximum Gasteiger partial charge on any atom is 0.123 e. The highest BCUT2D eigenvalue weighted by Crippen LogP contribution is 2.08. The van der Waals surface area contributed by atoms with Gasteiger partial charge in [-0.25, -0.2) is 0 Å². The van der Waals surface area contributed by atoms with Crippen LogP contribution < -0.4 is 16.0 Å². The van der Waals surface area contributed by atoms with Crippen LogP contribution in [0.15, 0.2) is 0 Å². The molecule has 0 fully saturated rings. The normalized spacial score (nSPS) is 14.3. The van der Waals surface area contributed by atoms with Crippen molar-refractivity contribution in [1.29, 1.82) is 0 Å². The molecule has 12 heavy (non-hydrogen) atoms. The minimum Gasteiger partial charge on any atom is -0.314 e. The summed E-state index contributed by atoms with van der Waals surface area (Å²) in [6.45, 7) is 2.02. The summed E-state index contributed by atoms with van der Waals surface area (Å²) < 4.78 is 0. The van der Waals surface area contributed by atoms with Gasteiger partial charge in [-0.1, -0.05) is 0 Å². The molecule has 0 aliphatic heterocycles. The van der Waals surface area contributed by atoms with Gasteiger partial charge in [0.15, 0.2) is 0 Å². The monoisotopic (exact) mass is 173 g/mol. The van der Waals surface area contributed by atoms with Crippen LogP contribution >= 0.6 is 0 Å². The van der Waals surface area contributed by atoms with Gasteiger partial charge in [0.25, 0.3) is 0 Å². The van der Waals surface area contributed by atoms with Crippen molar-refractivity contribution >= 4 is 6.29 Å². The molecule has 0 bridgehead atoms. The van der Waals surface area contributed by atoms with Gasteiger partial charge in [0, 0.05) is 12.5 Å². The molecule has 3 N–H and O–H groups in total. The van der Waals surface area contributed by atoms with Crippen LogP contribution in [0.25, 0.3) is 0 Å². The third-order valence-corrected chi connectivity index (χ3v) is 2.47. The van der Waals surface area contributed by atoms with Crippen molar-refractivity contribution in [3.8, 4) is 0 Å². The molecule has 4 heteroatoms. The van der Waals surface area contributed by atoms with Crippen molar-refractivity contribution in [3.05, 3.63) is 0 Å². The zero-order valence-electron chi connectivity index (χ0n) is 8.27. The van der Waals surface area contributed by atoms with E-state index in [-0.39, 0.29) is 11.7 Å². The molecule has 0 heterocycles. The van der Waals surface area contributed by atoms with Gasteiger partial charge in [0.1, 0.15) is 6.29 Å². The van der Waals surface area contributed by atoms with E-state index < -0.39 is 0 Å². The lowest BCUT2D eigenvalue weighted by atomic mass is 9.98. The summed E-state index contributed by atoms with van der Waals surface area (Å²) in [7, 11) is 5.56.